The zero-order valence-corrected chi connectivity index (χ0v) is 13.0. The average Bonchev–Trinajstić information content (AvgIpc) is 2.44. The number of benzene rings is 1. The molecule has 6 nitrogen and oxygen atoms in total. The summed E-state index contributed by atoms with van der Waals surface area (Å²) in [4.78, 5) is 23.2. The molecule has 1 heterocycles. The monoisotopic (exact) mass is 303 g/mol. The zero-order valence-electron chi connectivity index (χ0n) is 13.0. The number of carbonyl (C=O) groups is 2. The van der Waals surface area contributed by atoms with Crippen LogP contribution in [-0.4, -0.2) is 24.2 Å². The van der Waals surface area contributed by atoms with Gasteiger partial charge in [0.05, 0.1) is 0 Å². The predicted octanol–water partition coefficient (Wildman–Crippen LogP) is 1.85. The molecular formula is C16H21N3O3. The fourth-order valence-electron chi connectivity index (χ4n) is 2.09. The lowest BCUT2D eigenvalue weighted by molar-refractivity contribution is -0.124. The third kappa shape index (κ3) is 4.25. The average molecular weight is 303 g/mol. The lowest BCUT2D eigenvalue weighted by atomic mass is 10.0. The molecule has 1 unspecified atom stereocenters. The second-order valence-corrected chi connectivity index (χ2v) is 5.69. The molecule has 1 atom stereocenters. The number of rotatable bonds is 5. The van der Waals surface area contributed by atoms with Gasteiger partial charge in [-0.05, 0) is 36.6 Å². The third-order valence-electron chi connectivity index (χ3n) is 3.32. The van der Waals surface area contributed by atoms with Gasteiger partial charge in [-0.3, -0.25) is 4.79 Å². The molecule has 0 aromatic heterocycles. The van der Waals surface area contributed by atoms with Gasteiger partial charge in [0, 0.05) is 6.20 Å². The number of hydrogen-bond acceptors (Lipinski definition) is 3. The lowest BCUT2D eigenvalue weighted by Crippen LogP contribution is -2.61. The van der Waals surface area contributed by atoms with Crippen LogP contribution < -0.4 is 20.7 Å². The highest BCUT2D eigenvalue weighted by Gasteiger charge is 2.27. The Bertz CT molecular complexity index is 581. The van der Waals surface area contributed by atoms with Crippen LogP contribution in [0.1, 0.15) is 32.3 Å². The summed E-state index contributed by atoms with van der Waals surface area (Å²) >= 11 is 0. The van der Waals surface area contributed by atoms with E-state index in [-0.39, 0.29) is 18.5 Å². The van der Waals surface area contributed by atoms with E-state index in [0.717, 1.165) is 0 Å². The molecule has 0 radical (unpaired) electrons. The summed E-state index contributed by atoms with van der Waals surface area (Å²) in [6.45, 7) is 5.81. The Hall–Kier alpha value is -2.50. The Kier molecular flexibility index (Phi) is 4.70. The van der Waals surface area contributed by atoms with Crippen molar-refractivity contribution in [1.82, 2.24) is 16.0 Å². The minimum absolute atomic E-state index is 0.117. The van der Waals surface area contributed by atoms with Crippen molar-refractivity contribution in [2.75, 3.05) is 6.61 Å². The Balaban J connectivity index is 1.86. The number of amides is 3. The molecule has 3 amide bonds. The molecule has 0 saturated heterocycles. The Labute approximate surface area is 129 Å². The van der Waals surface area contributed by atoms with E-state index in [0.29, 0.717) is 11.7 Å². The van der Waals surface area contributed by atoms with Crippen molar-refractivity contribution < 1.29 is 14.3 Å². The first kappa shape index (κ1) is 15.9. The standard InChI is InChI=1S/C16H21N3O3/c1-11(2)12-4-6-13(7-5-12)22-10-14(20)18-16(3)8-9-17-15(21)19-16/h4-9,11H,10H2,1-3H3,(H,18,20)(H2,17,19,21). The van der Waals surface area contributed by atoms with Crippen molar-refractivity contribution in [2.45, 2.75) is 32.4 Å². The molecule has 0 spiro atoms. The van der Waals surface area contributed by atoms with Crippen molar-refractivity contribution in [3.63, 3.8) is 0 Å². The molecule has 6 heteroatoms. The van der Waals surface area contributed by atoms with Crippen LogP contribution in [0.5, 0.6) is 5.75 Å². The minimum atomic E-state index is -0.912. The Morgan fingerprint density at radius 3 is 2.59 bits per heavy atom. The molecule has 3 N–H and O–H groups in total. The summed E-state index contributed by atoms with van der Waals surface area (Å²) < 4.78 is 5.45. The van der Waals surface area contributed by atoms with Gasteiger partial charge in [-0.2, -0.15) is 0 Å². The van der Waals surface area contributed by atoms with Gasteiger partial charge in [-0.15, -0.1) is 0 Å². The number of urea groups is 1. The van der Waals surface area contributed by atoms with E-state index in [9.17, 15) is 9.59 Å². The van der Waals surface area contributed by atoms with Gasteiger partial charge in [0.2, 0.25) is 0 Å². The molecule has 1 aliphatic heterocycles. The maximum Gasteiger partial charge on any atom is 0.320 e. The summed E-state index contributed by atoms with van der Waals surface area (Å²) in [5, 5.41) is 7.79. The van der Waals surface area contributed by atoms with Gasteiger partial charge in [0.1, 0.15) is 11.4 Å². The highest BCUT2D eigenvalue weighted by Crippen LogP contribution is 2.18. The summed E-state index contributed by atoms with van der Waals surface area (Å²) in [6, 6.07) is 7.28. The van der Waals surface area contributed by atoms with E-state index in [1.54, 1.807) is 13.0 Å². The van der Waals surface area contributed by atoms with E-state index < -0.39 is 5.66 Å². The van der Waals surface area contributed by atoms with Crippen LogP contribution in [0, 0.1) is 0 Å². The molecular weight excluding hydrogens is 282 g/mol. The molecule has 0 bridgehead atoms. The molecule has 118 valence electrons. The van der Waals surface area contributed by atoms with Crippen LogP contribution in [0.25, 0.3) is 0 Å². The topological polar surface area (TPSA) is 79.5 Å². The maximum absolute atomic E-state index is 11.9. The van der Waals surface area contributed by atoms with Crippen molar-refractivity contribution in [1.29, 1.82) is 0 Å². The second kappa shape index (κ2) is 6.51. The normalized spacial score (nSPS) is 20.3. The first-order chi connectivity index (χ1) is 10.4. The smallest absolute Gasteiger partial charge is 0.320 e. The van der Waals surface area contributed by atoms with Gasteiger partial charge >= 0.3 is 6.03 Å². The van der Waals surface area contributed by atoms with Gasteiger partial charge in [0.25, 0.3) is 5.91 Å². The minimum Gasteiger partial charge on any atom is -0.484 e. The van der Waals surface area contributed by atoms with Gasteiger partial charge in [-0.1, -0.05) is 26.0 Å². The highest BCUT2D eigenvalue weighted by molar-refractivity contribution is 5.82. The predicted molar refractivity (Wildman–Crippen MR) is 83.4 cm³/mol. The maximum atomic E-state index is 11.9. The molecule has 1 aromatic rings. The fraction of sp³-hybridized carbons (Fsp3) is 0.375. The summed E-state index contributed by atoms with van der Waals surface area (Å²) in [5.74, 6) is 0.768. The molecule has 1 aliphatic rings. The van der Waals surface area contributed by atoms with Crippen LogP contribution >= 0.6 is 0 Å². The van der Waals surface area contributed by atoms with Crippen molar-refractivity contribution >= 4 is 11.9 Å². The van der Waals surface area contributed by atoms with E-state index >= 15 is 0 Å². The number of nitrogens with one attached hydrogen (secondary N) is 3. The fourth-order valence-corrected chi connectivity index (χ4v) is 2.09. The van der Waals surface area contributed by atoms with Crippen molar-refractivity contribution in [3.8, 4) is 5.75 Å². The van der Waals surface area contributed by atoms with E-state index in [4.69, 9.17) is 4.74 Å². The lowest BCUT2D eigenvalue weighted by Gasteiger charge is -2.31. The van der Waals surface area contributed by atoms with Crippen LogP contribution in [-0.2, 0) is 4.79 Å². The molecule has 2 rings (SSSR count). The Morgan fingerprint density at radius 1 is 1.32 bits per heavy atom. The van der Waals surface area contributed by atoms with Crippen molar-refractivity contribution in [2.24, 2.45) is 0 Å². The number of carbonyl (C=O) groups excluding carboxylic acids is 2. The summed E-state index contributed by atoms with van der Waals surface area (Å²) in [5.41, 5.74) is 0.302. The largest absolute Gasteiger partial charge is 0.484 e. The highest BCUT2D eigenvalue weighted by atomic mass is 16.5. The molecule has 0 saturated carbocycles. The van der Waals surface area contributed by atoms with Crippen LogP contribution in [0.4, 0.5) is 4.79 Å². The summed E-state index contributed by atoms with van der Waals surface area (Å²) in [7, 11) is 0. The van der Waals surface area contributed by atoms with Crippen molar-refractivity contribution in [3.05, 3.63) is 42.1 Å². The van der Waals surface area contributed by atoms with Crippen LogP contribution in [0.2, 0.25) is 0 Å². The number of hydrogen-bond donors (Lipinski definition) is 3. The van der Waals surface area contributed by atoms with E-state index in [2.05, 4.69) is 29.8 Å². The first-order valence-corrected chi connectivity index (χ1v) is 7.18. The van der Waals surface area contributed by atoms with E-state index in [1.165, 1.54) is 11.8 Å². The van der Waals surface area contributed by atoms with Crippen LogP contribution in [0.15, 0.2) is 36.5 Å². The quantitative estimate of drug-likeness (QED) is 0.776. The summed E-state index contributed by atoms with van der Waals surface area (Å²) in [6.07, 6.45) is 3.15. The first-order valence-electron chi connectivity index (χ1n) is 7.18. The van der Waals surface area contributed by atoms with Crippen LogP contribution in [0.3, 0.4) is 0 Å². The number of ether oxygens (including phenoxy) is 1. The molecule has 0 fully saturated rings. The molecule has 0 aliphatic carbocycles. The van der Waals surface area contributed by atoms with Gasteiger partial charge in [-0.25, -0.2) is 4.79 Å². The third-order valence-corrected chi connectivity index (χ3v) is 3.32. The SMILES string of the molecule is CC(C)c1ccc(OCC(=O)NC2(C)C=CNC(=O)N2)cc1. The Morgan fingerprint density at radius 2 is 2.00 bits per heavy atom. The molecule has 22 heavy (non-hydrogen) atoms. The van der Waals surface area contributed by atoms with E-state index in [1.807, 2.05) is 24.3 Å². The molecule has 1 aromatic carbocycles. The zero-order chi connectivity index (χ0) is 16.2. The van der Waals surface area contributed by atoms with Gasteiger partial charge < -0.3 is 20.7 Å². The second-order valence-electron chi connectivity index (χ2n) is 5.69. The van der Waals surface area contributed by atoms with Gasteiger partial charge in [0.15, 0.2) is 6.61 Å².